The highest BCUT2D eigenvalue weighted by Gasteiger charge is 2.01. The molecule has 13 heavy (non-hydrogen) atoms. The van der Waals surface area contributed by atoms with Crippen LogP contribution < -0.4 is 0 Å². The van der Waals surface area contributed by atoms with Crippen molar-refractivity contribution in [3.05, 3.63) is 35.1 Å². The van der Waals surface area contributed by atoms with Crippen LogP contribution in [0.25, 0.3) is 0 Å². The molecule has 0 spiro atoms. The Kier molecular flexibility index (Phi) is 3.00. The summed E-state index contributed by atoms with van der Waals surface area (Å²) in [5, 5.41) is 16.8. The Balaban J connectivity index is 2.89. The summed E-state index contributed by atoms with van der Waals surface area (Å²) in [5.74, 6) is -0.511. The highest BCUT2D eigenvalue weighted by atomic mass is 19.1. The molecule has 0 N–H and O–H groups in total. The molecule has 0 heterocycles. The van der Waals surface area contributed by atoms with Gasteiger partial charge in [-0.25, -0.2) is 4.39 Å². The number of hydrogen-bond donors (Lipinski definition) is 0. The molecule has 3 heteroatoms. The molecular weight excluding hydrogens is 167 g/mol. The third-order valence-corrected chi connectivity index (χ3v) is 1.68. The number of benzene rings is 1. The lowest BCUT2D eigenvalue weighted by Crippen LogP contribution is -1.88. The number of rotatable bonds is 2. The minimum Gasteiger partial charge on any atom is -0.206 e. The molecule has 1 aromatic carbocycles. The van der Waals surface area contributed by atoms with Crippen molar-refractivity contribution in [1.82, 2.24) is 0 Å². The minimum absolute atomic E-state index is 0.0374. The summed E-state index contributed by atoms with van der Waals surface area (Å²) in [6.07, 6.45) is 0.946. The first-order valence-electron chi connectivity index (χ1n) is 3.83. The van der Waals surface area contributed by atoms with Crippen LogP contribution in [0.5, 0.6) is 0 Å². The molecule has 0 aromatic heterocycles. The Morgan fingerprint density at radius 2 is 2.08 bits per heavy atom. The molecule has 64 valence electrons. The molecule has 0 radical (unpaired) electrons. The van der Waals surface area contributed by atoms with Gasteiger partial charge in [0.2, 0.25) is 0 Å². The molecule has 0 bridgehead atoms. The van der Waals surface area contributed by atoms with Gasteiger partial charge in [-0.2, -0.15) is 10.5 Å². The van der Waals surface area contributed by atoms with E-state index in [4.69, 9.17) is 10.5 Å². The quantitative estimate of drug-likeness (QED) is 0.689. The van der Waals surface area contributed by atoms with Gasteiger partial charge in [0.1, 0.15) is 11.9 Å². The standard InChI is InChI=1S/C10H7FN2/c11-10-4-3-8(2-1-5-12)6-9(10)7-13/h3-4,6H,1-2H2. The Bertz CT molecular complexity index is 385. The summed E-state index contributed by atoms with van der Waals surface area (Å²) in [7, 11) is 0. The van der Waals surface area contributed by atoms with Crippen molar-refractivity contribution in [2.75, 3.05) is 0 Å². The van der Waals surface area contributed by atoms with Gasteiger partial charge in [0.25, 0.3) is 0 Å². The van der Waals surface area contributed by atoms with Gasteiger partial charge >= 0.3 is 0 Å². The topological polar surface area (TPSA) is 47.6 Å². The van der Waals surface area contributed by atoms with Crippen LogP contribution in [0.2, 0.25) is 0 Å². The first-order valence-corrected chi connectivity index (χ1v) is 3.83. The highest BCUT2D eigenvalue weighted by molar-refractivity contribution is 5.34. The predicted octanol–water partition coefficient (Wildman–Crippen LogP) is 2.15. The normalized spacial score (nSPS) is 8.85. The van der Waals surface area contributed by atoms with Crippen molar-refractivity contribution in [2.45, 2.75) is 12.8 Å². The first kappa shape index (κ1) is 9.22. The Labute approximate surface area is 75.8 Å². The van der Waals surface area contributed by atoms with Gasteiger partial charge in [-0.15, -0.1) is 0 Å². The second-order valence-electron chi connectivity index (χ2n) is 2.58. The van der Waals surface area contributed by atoms with E-state index in [0.717, 1.165) is 5.56 Å². The lowest BCUT2D eigenvalue weighted by molar-refractivity contribution is 0.623. The molecule has 0 aliphatic rings. The number of hydrogen-bond acceptors (Lipinski definition) is 2. The number of nitrogens with zero attached hydrogens (tertiary/aromatic N) is 2. The van der Waals surface area contributed by atoms with E-state index in [2.05, 4.69) is 0 Å². The fourth-order valence-corrected chi connectivity index (χ4v) is 1.01. The van der Waals surface area contributed by atoms with Crippen LogP contribution in [-0.2, 0) is 6.42 Å². The SMILES string of the molecule is N#CCCc1ccc(F)c(C#N)c1. The van der Waals surface area contributed by atoms with E-state index in [0.29, 0.717) is 12.8 Å². The largest absolute Gasteiger partial charge is 0.206 e. The van der Waals surface area contributed by atoms with E-state index in [1.54, 1.807) is 12.1 Å². The molecule has 0 amide bonds. The van der Waals surface area contributed by atoms with Crippen molar-refractivity contribution in [1.29, 1.82) is 10.5 Å². The molecule has 0 saturated heterocycles. The Morgan fingerprint density at radius 3 is 2.69 bits per heavy atom. The highest BCUT2D eigenvalue weighted by Crippen LogP contribution is 2.10. The van der Waals surface area contributed by atoms with E-state index in [9.17, 15) is 4.39 Å². The molecule has 1 aromatic rings. The summed E-state index contributed by atoms with van der Waals surface area (Å²) in [6.45, 7) is 0. The van der Waals surface area contributed by atoms with Crippen LogP contribution in [0, 0.1) is 28.5 Å². The zero-order valence-electron chi connectivity index (χ0n) is 6.92. The fourth-order valence-electron chi connectivity index (χ4n) is 1.01. The third kappa shape index (κ3) is 2.28. The lowest BCUT2D eigenvalue weighted by Gasteiger charge is -1.98. The summed E-state index contributed by atoms with van der Waals surface area (Å²) >= 11 is 0. The Hall–Kier alpha value is -1.87. The maximum Gasteiger partial charge on any atom is 0.140 e. The molecule has 0 atom stereocenters. The Morgan fingerprint density at radius 1 is 1.31 bits per heavy atom. The molecule has 0 aliphatic carbocycles. The monoisotopic (exact) mass is 174 g/mol. The molecule has 1 rings (SSSR count). The maximum atomic E-state index is 12.8. The van der Waals surface area contributed by atoms with Gasteiger partial charge < -0.3 is 0 Å². The summed E-state index contributed by atoms with van der Waals surface area (Å²) < 4.78 is 12.8. The second-order valence-corrected chi connectivity index (χ2v) is 2.58. The van der Waals surface area contributed by atoms with Crippen molar-refractivity contribution < 1.29 is 4.39 Å². The second kappa shape index (κ2) is 4.23. The van der Waals surface area contributed by atoms with Gasteiger partial charge in [-0.05, 0) is 24.1 Å². The van der Waals surface area contributed by atoms with E-state index in [1.165, 1.54) is 12.1 Å². The third-order valence-electron chi connectivity index (χ3n) is 1.68. The number of nitriles is 2. The van der Waals surface area contributed by atoms with E-state index >= 15 is 0 Å². The summed E-state index contributed by atoms with van der Waals surface area (Å²) in [4.78, 5) is 0. The molecule has 0 fully saturated rings. The van der Waals surface area contributed by atoms with Crippen molar-refractivity contribution >= 4 is 0 Å². The number of aryl methyl sites for hydroxylation is 1. The van der Waals surface area contributed by atoms with E-state index < -0.39 is 5.82 Å². The van der Waals surface area contributed by atoms with Crippen LogP contribution in [0.4, 0.5) is 4.39 Å². The smallest absolute Gasteiger partial charge is 0.140 e. The van der Waals surface area contributed by atoms with Crippen LogP contribution in [0.3, 0.4) is 0 Å². The lowest BCUT2D eigenvalue weighted by atomic mass is 10.1. The van der Waals surface area contributed by atoms with Gasteiger partial charge in [0.15, 0.2) is 0 Å². The fraction of sp³-hybridized carbons (Fsp3) is 0.200. The maximum absolute atomic E-state index is 12.8. The molecular formula is C10H7FN2. The average Bonchev–Trinajstić information content (AvgIpc) is 2.16. The van der Waals surface area contributed by atoms with Crippen LogP contribution in [0.15, 0.2) is 18.2 Å². The van der Waals surface area contributed by atoms with Crippen LogP contribution >= 0.6 is 0 Å². The van der Waals surface area contributed by atoms with E-state index in [1.807, 2.05) is 6.07 Å². The van der Waals surface area contributed by atoms with E-state index in [-0.39, 0.29) is 5.56 Å². The minimum atomic E-state index is -0.511. The summed E-state index contributed by atoms with van der Waals surface area (Å²) in [5.41, 5.74) is 0.856. The summed E-state index contributed by atoms with van der Waals surface area (Å²) in [6, 6.07) is 8.07. The van der Waals surface area contributed by atoms with Crippen LogP contribution in [0.1, 0.15) is 17.5 Å². The molecule has 0 unspecified atom stereocenters. The van der Waals surface area contributed by atoms with Crippen molar-refractivity contribution in [3.8, 4) is 12.1 Å². The van der Waals surface area contributed by atoms with Gasteiger partial charge in [0.05, 0.1) is 11.6 Å². The molecule has 2 nitrogen and oxygen atoms in total. The first-order chi connectivity index (χ1) is 6.27. The van der Waals surface area contributed by atoms with Gasteiger partial charge in [-0.3, -0.25) is 0 Å². The average molecular weight is 174 g/mol. The zero-order valence-corrected chi connectivity index (χ0v) is 6.92. The number of halogens is 1. The van der Waals surface area contributed by atoms with Crippen molar-refractivity contribution in [2.24, 2.45) is 0 Å². The molecule has 0 aliphatic heterocycles. The molecule has 0 saturated carbocycles. The van der Waals surface area contributed by atoms with Crippen molar-refractivity contribution in [3.63, 3.8) is 0 Å². The van der Waals surface area contributed by atoms with Gasteiger partial charge in [-0.1, -0.05) is 6.07 Å². The zero-order chi connectivity index (χ0) is 9.68. The predicted molar refractivity (Wildman–Crippen MR) is 45.0 cm³/mol. The van der Waals surface area contributed by atoms with Gasteiger partial charge in [0, 0.05) is 6.42 Å². The van der Waals surface area contributed by atoms with Crippen LogP contribution in [-0.4, -0.2) is 0 Å².